The summed E-state index contributed by atoms with van der Waals surface area (Å²) in [5.41, 5.74) is 0. The first-order valence-corrected chi connectivity index (χ1v) is 2.79. The Bertz CT molecular complexity index is 87.7. The largest absolute Gasteiger partial charge is 0.309 e. The van der Waals surface area contributed by atoms with Crippen molar-refractivity contribution in [2.45, 2.75) is 32.5 Å². The molecule has 0 aliphatic heterocycles. The van der Waals surface area contributed by atoms with E-state index in [0.29, 0.717) is 0 Å². The first-order valence-electron chi connectivity index (χ1n) is 2.79. The molecule has 0 aliphatic carbocycles. The van der Waals surface area contributed by atoms with Gasteiger partial charge in [-0.05, 0) is 0 Å². The van der Waals surface area contributed by atoms with E-state index in [1.54, 1.807) is 0 Å². The molecule has 0 radical (unpaired) electrons. The summed E-state index contributed by atoms with van der Waals surface area (Å²) in [6.07, 6.45) is -8.16. The Morgan fingerprint density at radius 1 is 1.20 bits per heavy atom. The lowest BCUT2D eigenvalue weighted by Gasteiger charge is -2.10. The van der Waals surface area contributed by atoms with Crippen LogP contribution in [0.15, 0.2) is 0 Å². The minimum absolute atomic E-state index is 0.132. The maximum Gasteiger partial charge on any atom is 0.293 e. The first kappa shape index (κ1) is 9.68. The van der Waals surface area contributed by atoms with Crippen LogP contribution in [0.3, 0.4) is 0 Å². The number of hydrogen-bond donors (Lipinski definition) is 0. The van der Waals surface area contributed by atoms with Crippen LogP contribution in [-0.2, 0) is 4.74 Å². The summed E-state index contributed by atoms with van der Waals surface area (Å²) in [6, 6.07) is 0. The van der Waals surface area contributed by atoms with Gasteiger partial charge in [-0.15, -0.1) is 0 Å². The van der Waals surface area contributed by atoms with Crippen LogP contribution in [0.5, 0.6) is 0 Å². The standard InChI is InChI=1S/C5H8F4O/c1-2-3(6)10-5(9)4(7)8/h3-5H,2H2,1H3. The van der Waals surface area contributed by atoms with Crippen molar-refractivity contribution in [3.05, 3.63) is 0 Å². The van der Waals surface area contributed by atoms with Crippen LogP contribution in [0.2, 0.25) is 0 Å². The summed E-state index contributed by atoms with van der Waals surface area (Å²) in [5, 5.41) is 0. The molecule has 0 fully saturated rings. The van der Waals surface area contributed by atoms with Crippen molar-refractivity contribution in [1.29, 1.82) is 0 Å². The van der Waals surface area contributed by atoms with Gasteiger partial charge in [0.2, 0.25) is 6.36 Å². The molecule has 0 aromatic carbocycles. The maximum atomic E-state index is 11.9. The lowest BCUT2D eigenvalue weighted by atomic mass is 10.5. The predicted octanol–water partition coefficient (Wildman–Crippen LogP) is 2.27. The number of halogens is 4. The highest BCUT2D eigenvalue weighted by atomic mass is 19.3. The highest BCUT2D eigenvalue weighted by Gasteiger charge is 2.22. The predicted molar refractivity (Wildman–Crippen MR) is 27.2 cm³/mol. The normalized spacial score (nSPS) is 17.4. The van der Waals surface area contributed by atoms with Crippen molar-refractivity contribution in [3.8, 4) is 0 Å². The van der Waals surface area contributed by atoms with Crippen molar-refractivity contribution in [2.24, 2.45) is 0 Å². The van der Waals surface area contributed by atoms with Gasteiger partial charge in [0.25, 0.3) is 12.8 Å². The molecule has 62 valence electrons. The summed E-state index contributed by atoms with van der Waals surface area (Å²) in [7, 11) is 0. The van der Waals surface area contributed by atoms with E-state index in [1.807, 2.05) is 0 Å². The minimum Gasteiger partial charge on any atom is -0.309 e. The Morgan fingerprint density at radius 2 is 1.70 bits per heavy atom. The summed E-state index contributed by atoms with van der Waals surface area (Å²) in [4.78, 5) is 0. The fraction of sp³-hybridized carbons (Fsp3) is 1.00. The molecule has 0 rings (SSSR count). The van der Waals surface area contributed by atoms with E-state index < -0.39 is 19.1 Å². The van der Waals surface area contributed by atoms with Gasteiger partial charge >= 0.3 is 0 Å². The Morgan fingerprint density at radius 3 is 2.00 bits per heavy atom. The SMILES string of the molecule is CCC(F)OC(F)C(F)F. The van der Waals surface area contributed by atoms with Crippen LogP contribution < -0.4 is 0 Å². The molecule has 2 unspecified atom stereocenters. The lowest BCUT2D eigenvalue weighted by molar-refractivity contribution is -0.192. The molecule has 0 aromatic rings. The third kappa shape index (κ3) is 3.66. The molecular weight excluding hydrogens is 152 g/mol. The van der Waals surface area contributed by atoms with Gasteiger partial charge in [0, 0.05) is 6.42 Å². The molecule has 0 saturated heterocycles. The summed E-state index contributed by atoms with van der Waals surface area (Å²) < 4.78 is 49.8. The zero-order valence-corrected chi connectivity index (χ0v) is 5.36. The summed E-state index contributed by atoms with van der Waals surface area (Å²) in [5.74, 6) is 0. The topological polar surface area (TPSA) is 9.23 Å². The van der Waals surface area contributed by atoms with Gasteiger partial charge in [0.05, 0.1) is 0 Å². The fourth-order valence-corrected chi connectivity index (χ4v) is 0.297. The highest BCUT2D eigenvalue weighted by molar-refractivity contribution is 4.45. The van der Waals surface area contributed by atoms with E-state index in [4.69, 9.17) is 0 Å². The average molecular weight is 160 g/mol. The molecule has 0 aliphatic rings. The monoisotopic (exact) mass is 160 g/mol. The molecule has 0 N–H and O–H groups in total. The molecule has 0 aromatic heterocycles. The Hall–Kier alpha value is -0.320. The second kappa shape index (κ2) is 4.49. The van der Waals surface area contributed by atoms with Crippen molar-refractivity contribution >= 4 is 0 Å². The molecule has 10 heavy (non-hydrogen) atoms. The van der Waals surface area contributed by atoms with E-state index in [0.717, 1.165) is 0 Å². The lowest BCUT2D eigenvalue weighted by Crippen LogP contribution is -2.21. The fourth-order valence-electron chi connectivity index (χ4n) is 0.297. The third-order valence-electron chi connectivity index (χ3n) is 0.797. The minimum atomic E-state index is -3.27. The zero-order valence-electron chi connectivity index (χ0n) is 5.36. The van der Waals surface area contributed by atoms with Crippen molar-refractivity contribution in [2.75, 3.05) is 0 Å². The highest BCUT2D eigenvalue weighted by Crippen LogP contribution is 2.11. The molecule has 0 bridgehead atoms. The average Bonchev–Trinajstić information content (AvgIpc) is 1.87. The number of hydrogen-bond acceptors (Lipinski definition) is 1. The first-order chi connectivity index (χ1) is 4.57. The molecule has 0 amide bonds. The van der Waals surface area contributed by atoms with E-state index in [9.17, 15) is 17.6 Å². The van der Waals surface area contributed by atoms with Gasteiger partial charge in [-0.3, -0.25) is 0 Å². The van der Waals surface area contributed by atoms with E-state index in [2.05, 4.69) is 4.74 Å². The van der Waals surface area contributed by atoms with Gasteiger partial charge in [-0.25, -0.2) is 17.6 Å². The summed E-state index contributed by atoms with van der Waals surface area (Å²) in [6.45, 7) is 1.36. The van der Waals surface area contributed by atoms with E-state index >= 15 is 0 Å². The quantitative estimate of drug-likeness (QED) is 0.573. The van der Waals surface area contributed by atoms with Crippen LogP contribution in [0.25, 0.3) is 0 Å². The molecule has 0 spiro atoms. The number of ether oxygens (including phenoxy) is 1. The van der Waals surface area contributed by atoms with Crippen LogP contribution in [0.1, 0.15) is 13.3 Å². The maximum absolute atomic E-state index is 11.9. The molecule has 5 heteroatoms. The summed E-state index contributed by atoms with van der Waals surface area (Å²) >= 11 is 0. The molecule has 2 atom stereocenters. The van der Waals surface area contributed by atoms with Crippen LogP contribution in [0.4, 0.5) is 17.6 Å². The van der Waals surface area contributed by atoms with E-state index in [1.165, 1.54) is 6.92 Å². The third-order valence-corrected chi connectivity index (χ3v) is 0.797. The van der Waals surface area contributed by atoms with Gasteiger partial charge < -0.3 is 4.74 Å². The van der Waals surface area contributed by atoms with Crippen LogP contribution in [-0.4, -0.2) is 19.1 Å². The number of rotatable bonds is 4. The second-order valence-electron chi connectivity index (χ2n) is 1.64. The molecule has 0 heterocycles. The van der Waals surface area contributed by atoms with Gasteiger partial charge in [-0.1, -0.05) is 6.92 Å². The number of alkyl halides is 4. The van der Waals surface area contributed by atoms with Gasteiger partial charge in [-0.2, -0.15) is 0 Å². The van der Waals surface area contributed by atoms with Crippen molar-refractivity contribution in [1.82, 2.24) is 0 Å². The zero-order chi connectivity index (χ0) is 8.15. The van der Waals surface area contributed by atoms with E-state index in [-0.39, 0.29) is 6.42 Å². The van der Waals surface area contributed by atoms with Gasteiger partial charge in [0.1, 0.15) is 0 Å². The Balaban J connectivity index is 3.46. The van der Waals surface area contributed by atoms with Crippen LogP contribution >= 0.6 is 0 Å². The van der Waals surface area contributed by atoms with Crippen molar-refractivity contribution in [3.63, 3.8) is 0 Å². The molecule has 1 nitrogen and oxygen atoms in total. The molecule has 0 saturated carbocycles. The molecular formula is C5H8F4O. The van der Waals surface area contributed by atoms with Gasteiger partial charge in [0.15, 0.2) is 0 Å². The Kier molecular flexibility index (Phi) is 4.34. The smallest absolute Gasteiger partial charge is 0.293 e. The van der Waals surface area contributed by atoms with Crippen molar-refractivity contribution < 1.29 is 22.3 Å². The Labute approximate surface area is 56.0 Å². The second-order valence-corrected chi connectivity index (χ2v) is 1.64. The van der Waals surface area contributed by atoms with Crippen LogP contribution in [0, 0.1) is 0 Å².